The van der Waals surface area contributed by atoms with Gasteiger partial charge in [0.2, 0.25) is 0 Å². The molecule has 0 unspecified atom stereocenters. The summed E-state index contributed by atoms with van der Waals surface area (Å²) in [7, 11) is 0. The van der Waals surface area contributed by atoms with Crippen LogP contribution in [0.5, 0.6) is 0 Å². The van der Waals surface area contributed by atoms with Gasteiger partial charge in [0.1, 0.15) is 0 Å². The zero-order valence-electron chi connectivity index (χ0n) is 7.74. The van der Waals surface area contributed by atoms with Crippen LogP contribution in [0.4, 0.5) is 0 Å². The van der Waals surface area contributed by atoms with Gasteiger partial charge >= 0.3 is 0 Å². The highest BCUT2D eigenvalue weighted by molar-refractivity contribution is 4.56. The molecule has 2 saturated heterocycles. The molecule has 0 spiro atoms. The van der Waals surface area contributed by atoms with Crippen LogP contribution < -0.4 is 0 Å². The van der Waals surface area contributed by atoms with Crippen molar-refractivity contribution in [1.82, 2.24) is 0 Å². The smallest absolute Gasteiger partial charge is 0.194 e. The highest BCUT2D eigenvalue weighted by Gasteiger charge is 2.23. The van der Waals surface area contributed by atoms with Gasteiger partial charge in [0.15, 0.2) is 19.4 Å². The minimum absolute atomic E-state index is 0.134. The summed E-state index contributed by atoms with van der Waals surface area (Å²) < 4.78 is 10.9. The van der Waals surface area contributed by atoms with E-state index in [1.165, 1.54) is 12.8 Å². The molecule has 0 aromatic rings. The van der Waals surface area contributed by atoms with E-state index < -0.39 is 0 Å². The van der Waals surface area contributed by atoms with Crippen molar-refractivity contribution in [3.63, 3.8) is 0 Å². The normalized spacial score (nSPS) is 36.9. The van der Waals surface area contributed by atoms with E-state index in [9.17, 15) is 0 Å². The second kappa shape index (κ2) is 4.91. The Bertz CT molecular complexity index is 135. The molecule has 0 aromatic heterocycles. The monoisotopic (exact) mass is 188 g/mol. The lowest BCUT2D eigenvalue weighted by atomic mass is 10.1. The summed E-state index contributed by atoms with van der Waals surface area (Å²) in [6.45, 7) is 0.182. The Labute approximate surface area is 78.0 Å². The van der Waals surface area contributed by atoms with Crippen LogP contribution in [0.3, 0.4) is 0 Å². The summed E-state index contributed by atoms with van der Waals surface area (Å²) in [6, 6.07) is 0. The van der Waals surface area contributed by atoms with Crippen molar-refractivity contribution in [2.75, 3.05) is 6.79 Å². The Morgan fingerprint density at radius 2 is 1.62 bits per heavy atom. The molecule has 2 atom stereocenters. The molecule has 13 heavy (non-hydrogen) atoms. The van der Waals surface area contributed by atoms with E-state index in [1.807, 2.05) is 0 Å². The zero-order valence-corrected chi connectivity index (χ0v) is 7.74. The molecule has 2 heterocycles. The molecule has 2 rings (SSSR count). The lowest BCUT2D eigenvalue weighted by molar-refractivity contribution is -0.372. The Balaban J connectivity index is 1.91. The number of hydrogen-bond donors (Lipinski definition) is 0. The lowest BCUT2D eigenvalue weighted by Crippen LogP contribution is -2.22. The highest BCUT2D eigenvalue weighted by Crippen LogP contribution is 2.21. The zero-order chi connectivity index (χ0) is 8.93. The van der Waals surface area contributed by atoms with Gasteiger partial charge in [0.25, 0.3) is 0 Å². The van der Waals surface area contributed by atoms with Gasteiger partial charge in [-0.25, -0.2) is 9.78 Å². The molecule has 2 aliphatic rings. The summed E-state index contributed by atoms with van der Waals surface area (Å²) >= 11 is 0. The van der Waals surface area contributed by atoms with Crippen molar-refractivity contribution >= 4 is 0 Å². The standard InChI is InChI=1S/C9H16O4/c1-2-4-6-9-12-8(5-3-1)10-7-11-13-9/h8-9H,1-7H2/t8-,9-/m0/s1. The van der Waals surface area contributed by atoms with Crippen molar-refractivity contribution in [2.24, 2.45) is 0 Å². The number of hydrogen-bond acceptors (Lipinski definition) is 4. The van der Waals surface area contributed by atoms with Gasteiger partial charge in [-0.05, 0) is 19.3 Å². The van der Waals surface area contributed by atoms with E-state index >= 15 is 0 Å². The average Bonchev–Trinajstić information content (AvgIpc) is 2.27. The molecule has 0 aromatic carbocycles. The second-order valence-electron chi connectivity index (χ2n) is 3.49. The molecule has 4 heteroatoms. The van der Waals surface area contributed by atoms with E-state index in [-0.39, 0.29) is 19.4 Å². The van der Waals surface area contributed by atoms with Gasteiger partial charge in [0.05, 0.1) is 0 Å². The third kappa shape index (κ3) is 2.91. The molecular weight excluding hydrogens is 172 g/mol. The first-order valence-corrected chi connectivity index (χ1v) is 5.00. The molecular formula is C9H16O4. The SMILES string of the molecule is C1CCC[C@H]2OCOO[C@@H](CC1)O2. The topological polar surface area (TPSA) is 36.9 Å². The summed E-state index contributed by atoms with van der Waals surface area (Å²) in [5, 5.41) is 0. The van der Waals surface area contributed by atoms with Gasteiger partial charge in [0, 0.05) is 6.42 Å². The summed E-state index contributed by atoms with van der Waals surface area (Å²) in [5.41, 5.74) is 0. The van der Waals surface area contributed by atoms with Crippen LogP contribution in [0, 0.1) is 0 Å². The summed E-state index contributed by atoms with van der Waals surface area (Å²) in [4.78, 5) is 9.83. The molecule has 76 valence electrons. The minimum atomic E-state index is -0.231. The predicted molar refractivity (Wildman–Crippen MR) is 44.5 cm³/mol. The maximum absolute atomic E-state index is 5.56. The second-order valence-corrected chi connectivity index (χ2v) is 3.49. The number of rotatable bonds is 0. The van der Waals surface area contributed by atoms with Crippen LogP contribution >= 0.6 is 0 Å². The van der Waals surface area contributed by atoms with Gasteiger partial charge < -0.3 is 9.47 Å². The first kappa shape index (κ1) is 9.40. The van der Waals surface area contributed by atoms with Crippen molar-refractivity contribution in [2.45, 2.75) is 51.1 Å². The van der Waals surface area contributed by atoms with Crippen LogP contribution in [0.2, 0.25) is 0 Å². The summed E-state index contributed by atoms with van der Waals surface area (Å²) in [5.74, 6) is 0. The molecule has 0 radical (unpaired) electrons. The highest BCUT2D eigenvalue weighted by atomic mass is 17.3. The third-order valence-electron chi connectivity index (χ3n) is 2.41. The summed E-state index contributed by atoms with van der Waals surface area (Å²) in [6.07, 6.45) is 6.30. The molecule has 2 fully saturated rings. The Kier molecular flexibility index (Phi) is 3.55. The van der Waals surface area contributed by atoms with Crippen LogP contribution in [0.25, 0.3) is 0 Å². The van der Waals surface area contributed by atoms with E-state index in [0.717, 1.165) is 25.7 Å². The maximum atomic E-state index is 5.56. The number of fused-ring (bicyclic) bond motifs is 2. The van der Waals surface area contributed by atoms with E-state index in [4.69, 9.17) is 19.2 Å². The Morgan fingerprint density at radius 1 is 0.846 bits per heavy atom. The molecule has 2 aliphatic heterocycles. The van der Waals surface area contributed by atoms with Crippen molar-refractivity contribution in [3.8, 4) is 0 Å². The molecule has 0 saturated carbocycles. The maximum Gasteiger partial charge on any atom is 0.194 e. The van der Waals surface area contributed by atoms with Crippen molar-refractivity contribution in [3.05, 3.63) is 0 Å². The molecule has 0 aliphatic carbocycles. The Morgan fingerprint density at radius 3 is 2.46 bits per heavy atom. The van der Waals surface area contributed by atoms with Crippen LogP contribution in [0.15, 0.2) is 0 Å². The molecule has 4 nitrogen and oxygen atoms in total. The quantitative estimate of drug-likeness (QED) is 0.544. The van der Waals surface area contributed by atoms with E-state index in [2.05, 4.69) is 0 Å². The first-order chi connectivity index (χ1) is 6.45. The lowest BCUT2D eigenvalue weighted by Gasteiger charge is -2.16. The van der Waals surface area contributed by atoms with Crippen LogP contribution in [-0.2, 0) is 19.2 Å². The van der Waals surface area contributed by atoms with E-state index in [0.29, 0.717) is 0 Å². The fraction of sp³-hybridized carbons (Fsp3) is 1.00. The van der Waals surface area contributed by atoms with Crippen LogP contribution in [0.1, 0.15) is 38.5 Å². The predicted octanol–water partition coefficient (Wildman–Crippen LogP) is 1.95. The molecule has 0 amide bonds. The van der Waals surface area contributed by atoms with Gasteiger partial charge in [-0.1, -0.05) is 12.8 Å². The van der Waals surface area contributed by atoms with Gasteiger partial charge in [-0.3, -0.25) is 0 Å². The van der Waals surface area contributed by atoms with Crippen molar-refractivity contribution in [1.29, 1.82) is 0 Å². The molecule has 0 N–H and O–H groups in total. The average molecular weight is 188 g/mol. The van der Waals surface area contributed by atoms with Gasteiger partial charge in [-0.15, -0.1) is 0 Å². The molecule has 2 bridgehead atoms. The minimum Gasteiger partial charge on any atom is -0.323 e. The van der Waals surface area contributed by atoms with Gasteiger partial charge in [-0.2, -0.15) is 0 Å². The third-order valence-corrected chi connectivity index (χ3v) is 2.41. The number of ether oxygens (including phenoxy) is 2. The Hall–Kier alpha value is -0.160. The van der Waals surface area contributed by atoms with Crippen molar-refractivity contribution < 1.29 is 19.2 Å². The largest absolute Gasteiger partial charge is 0.323 e. The fourth-order valence-electron chi connectivity index (χ4n) is 1.68. The van der Waals surface area contributed by atoms with Crippen LogP contribution in [-0.4, -0.2) is 19.4 Å². The van der Waals surface area contributed by atoms with E-state index in [1.54, 1.807) is 0 Å². The first-order valence-electron chi connectivity index (χ1n) is 5.00. The fourth-order valence-corrected chi connectivity index (χ4v) is 1.68.